The van der Waals surface area contributed by atoms with Gasteiger partial charge in [0, 0.05) is 6.54 Å². The first-order chi connectivity index (χ1) is 6.57. The summed E-state index contributed by atoms with van der Waals surface area (Å²) in [5.74, 6) is -0.384. The van der Waals surface area contributed by atoms with Crippen LogP contribution in [-0.2, 0) is 9.68 Å². The number of nitrogens with one attached hydrogen (secondary N) is 2. The smallest absolute Gasteiger partial charge is 0.358 e. The minimum atomic E-state index is -0.804. The average Bonchev–Trinajstić information content (AvgIpc) is 2.15. The Labute approximate surface area is 82.9 Å². The van der Waals surface area contributed by atoms with Gasteiger partial charge in [-0.2, -0.15) is 5.26 Å². The molecule has 0 spiro atoms. The SMILES string of the molecule is CC(=N)NCCCC[C@H](N)C(=O)OO. The van der Waals surface area contributed by atoms with Crippen molar-refractivity contribution in [2.45, 2.75) is 32.2 Å². The summed E-state index contributed by atoms with van der Waals surface area (Å²) in [5.41, 5.74) is 5.37. The van der Waals surface area contributed by atoms with Gasteiger partial charge in [0.05, 0.1) is 5.84 Å². The van der Waals surface area contributed by atoms with Gasteiger partial charge >= 0.3 is 5.97 Å². The molecule has 1 atom stereocenters. The molecule has 0 fully saturated rings. The molecule has 6 heteroatoms. The lowest BCUT2D eigenvalue weighted by Crippen LogP contribution is -2.31. The van der Waals surface area contributed by atoms with E-state index in [0.717, 1.165) is 12.8 Å². The molecule has 0 aliphatic rings. The van der Waals surface area contributed by atoms with E-state index in [-0.39, 0.29) is 0 Å². The third-order valence-electron chi connectivity index (χ3n) is 1.72. The molecule has 0 rings (SSSR count). The average molecular weight is 203 g/mol. The summed E-state index contributed by atoms with van der Waals surface area (Å²) < 4.78 is 0. The van der Waals surface area contributed by atoms with Crippen LogP contribution in [0.1, 0.15) is 26.2 Å². The molecule has 0 aromatic carbocycles. The maximum atomic E-state index is 10.6. The van der Waals surface area contributed by atoms with Crippen molar-refractivity contribution in [2.24, 2.45) is 5.73 Å². The predicted molar refractivity (Wildman–Crippen MR) is 52.0 cm³/mol. The molecule has 82 valence electrons. The first-order valence-electron chi connectivity index (χ1n) is 4.47. The molecular weight excluding hydrogens is 186 g/mol. The Bertz CT molecular complexity index is 196. The summed E-state index contributed by atoms with van der Waals surface area (Å²) in [7, 11) is 0. The number of rotatable bonds is 6. The van der Waals surface area contributed by atoms with Crippen LogP contribution in [0, 0.1) is 5.41 Å². The Balaban J connectivity index is 3.36. The first-order valence-corrected chi connectivity index (χ1v) is 4.47. The van der Waals surface area contributed by atoms with Crippen molar-refractivity contribution in [3.63, 3.8) is 0 Å². The van der Waals surface area contributed by atoms with Gasteiger partial charge in [-0.25, -0.2) is 4.79 Å². The summed E-state index contributed by atoms with van der Waals surface area (Å²) >= 11 is 0. The fraction of sp³-hybridized carbons (Fsp3) is 0.750. The second kappa shape index (κ2) is 7.28. The number of nitrogens with two attached hydrogens (primary N) is 1. The van der Waals surface area contributed by atoms with Crippen LogP contribution in [0.5, 0.6) is 0 Å². The molecule has 0 heterocycles. The van der Waals surface area contributed by atoms with E-state index in [4.69, 9.17) is 16.4 Å². The van der Waals surface area contributed by atoms with Crippen LogP contribution in [-0.4, -0.2) is 29.6 Å². The number of hydrogen-bond donors (Lipinski definition) is 4. The zero-order chi connectivity index (χ0) is 11.0. The fourth-order valence-electron chi connectivity index (χ4n) is 0.951. The summed E-state index contributed by atoms with van der Waals surface area (Å²) in [6.45, 7) is 2.35. The Morgan fingerprint density at radius 2 is 2.29 bits per heavy atom. The zero-order valence-electron chi connectivity index (χ0n) is 8.25. The summed E-state index contributed by atoms with van der Waals surface area (Å²) in [6.07, 6.45) is 2.04. The topological polar surface area (TPSA) is 108 Å². The zero-order valence-corrected chi connectivity index (χ0v) is 8.25. The minimum absolute atomic E-state index is 0.420. The molecule has 0 bridgehead atoms. The Hall–Kier alpha value is -1.14. The van der Waals surface area contributed by atoms with E-state index < -0.39 is 12.0 Å². The minimum Gasteiger partial charge on any atom is -0.374 e. The molecule has 5 N–H and O–H groups in total. The number of unbranched alkanes of at least 4 members (excludes halogenated alkanes) is 1. The van der Waals surface area contributed by atoms with Crippen molar-refractivity contribution in [3.05, 3.63) is 0 Å². The highest BCUT2D eigenvalue weighted by Crippen LogP contribution is 1.99. The largest absolute Gasteiger partial charge is 0.374 e. The molecule has 0 saturated heterocycles. The van der Waals surface area contributed by atoms with E-state index in [1.54, 1.807) is 6.92 Å². The summed E-state index contributed by atoms with van der Waals surface area (Å²) in [5, 5.41) is 17.9. The summed E-state index contributed by atoms with van der Waals surface area (Å²) in [6, 6.07) is -0.763. The van der Waals surface area contributed by atoms with E-state index in [0.29, 0.717) is 18.8 Å². The molecule has 0 aliphatic heterocycles. The van der Waals surface area contributed by atoms with Gasteiger partial charge in [-0.3, -0.25) is 10.3 Å². The molecule has 0 aromatic heterocycles. The highest BCUT2D eigenvalue weighted by atomic mass is 17.1. The van der Waals surface area contributed by atoms with Gasteiger partial charge in [0.25, 0.3) is 0 Å². The molecule has 0 aliphatic carbocycles. The second-order valence-electron chi connectivity index (χ2n) is 3.06. The van der Waals surface area contributed by atoms with E-state index in [1.807, 2.05) is 0 Å². The van der Waals surface area contributed by atoms with Crippen LogP contribution in [0.25, 0.3) is 0 Å². The van der Waals surface area contributed by atoms with Crippen LogP contribution >= 0.6 is 0 Å². The van der Waals surface area contributed by atoms with E-state index >= 15 is 0 Å². The normalized spacial score (nSPS) is 11.9. The maximum absolute atomic E-state index is 10.6. The van der Waals surface area contributed by atoms with Gasteiger partial charge < -0.3 is 11.1 Å². The Kier molecular flexibility index (Phi) is 6.69. The Morgan fingerprint density at radius 1 is 1.64 bits per heavy atom. The number of carbonyl (C=O) groups excluding carboxylic acids is 1. The lowest BCUT2D eigenvalue weighted by Gasteiger charge is -2.07. The predicted octanol–water partition coefficient (Wildman–Crippen LogP) is 0.0870. The molecular formula is C8H17N3O3. The molecule has 6 nitrogen and oxygen atoms in total. The molecule has 14 heavy (non-hydrogen) atoms. The molecule has 0 amide bonds. The van der Waals surface area contributed by atoms with E-state index in [1.165, 1.54) is 0 Å². The monoisotopic (exact) mass is 203 g/mol. The molecule has 0 radical (unpaired) electrons. The van der Waals surface area contributed by atoms with Gasteiger partial charge in [0.1, 0.15) is 6.04 Å². The van der Waals surface area contributed by atoms with Crippen molar-refractivity contribution in [2.75, 3.05) is 6.54 Å². The highest BCUT2D eigenvalue weighted by molar-refractivity contribution is 5.75. The van der Waals surface area contributed by atoms with Gasteiger partial charge in [0.2, 0.25) is 0 Å². The van der Waals surface area contributed by atoms with Crippen LogP contribution in [0.4, 0.5) is 0 Å². The molecule has 0 aromatic rings. The first kappa shape index (κ1) is 12.9. The van der Waals surface area contributed by atoms with Gasteiger partial charge in [0.15, 0.2) is 0 Å². The van der Waals surface area contributed by atoms with Gasteiger partial charge in [-0.05, 0) is 26.2 Å². The van der Waals surface area contributed by atoms with Gasteiger partial charge in [-0.1, -0.05) is 0 Å². The van der Waals surface area contributed by atoms with Crippen molar-refractivity contribution in [1.29, 1.82) is 5.41 Å². The lowest BCUT2D eigenvalue weighted by molar-refractivity contribution is -0.235. The fourth-order valence-corrected chi connectivity index (χ4v) is 0.951. The van der Waals surface area contributed by atoms with Crippen molar-refractivity contribution >= 4 is 11.8 Å². The van der Waals surface area contributed by atoms with Crippen LogP contribution in [0.2, 0.25) is 0 Å². The van der Waals surface area contributed by atoms with Crippen molar-refractivity contribution in [3.8, 4) is 0 Å². The lowest BCUT2D eigenvalue weighted by atomic mass is 10.1. The van der Waals surface area contributed by atoms with Crippen LogP contribution < -0.4 is 11.1 Å². The maximum Gasteiger partial charge on any atom is 0.358 e. The van der Waals surface area contributed by atoms with Gasteiger partial charge in [-0.15, -0.1) is 0 Å². The highest BCUT2D eigenvalue weighted by Gasteiger charge is 2.13. The molecule has 0 unspecified atom stereocenters. The van der Waals surface area contributed by atoms with E-state index in [2.05, 4.69) is 10.2 Å². The second-order valence-corrected chi connectivity index (χ2v) is 3.06. The Morgan fingerprint density at radius 3 is 2.79 bits per heavy atom. The van der Waals surface area contributed by atoms with Crippen molar-refractivity contribution < 1.29 is 14.9 Å². The molecule has 0 saturated carbocycles. The third kappa shape index (κ3) is 6.38. The summed E-state index contributed by atoms with van der Waals surface area (Å²) in [4.78, 5) is 14.1. The number of amidine groups is 1. The number of carbonyl (C=O) groups is 1. The third-order valence-corrected chi connectivity index (χ3v) is 1.72. The van der Waals surface area contributed by atoms with E-state index in [9.17, 15) is 4.79 Å². The van der Waals surface area contributed by atoms with Crippen LogP contribution in [0.15, 0.2) is 0 Å². The number of hydrogen-bond acceptors (Lipinski definition) is 5. The quantitative estimate of drug-likeness (QED) is 0.161. The standard InChI is InChI=1S/C8H17N3O3/c1-6(9)11-5-3-2-4-7(10)8(12)14-13/h7,13H,2-5,10H2,1H3,(H2,9,11)/t7-/m0/s1. The van der Waals surface area contributed by atoms with Crippen LogP contribution in [0.3, 0.4) is 0 Å². The van der Waals surface area contributed by atoms with Crippen molar-refractivity contribution in [1.82, 2.24) is 5.32 Å².